The summed E-state index contributed by atoms with van der Waals surface area (Å²) in [5, 5.41) is 0. The summed E-state index contributed by atoms with van der Waals surface area (Å²) < 4.78 is 0. The molecule has 0 aliphatic carbocycles. The molecule has 0 bridgehead atoms. The molecule has 4 nitrogen and oxygen atoms in total. The van der Waals surface area contributed by atoms with Crippen molar-refractivity contribution in [1.29, 1.82) is 0 Å². The normalized spacial score (nSPS) is 10.5. The van der Waals surface area contributed by atoms with Gasteiger partial charge in [-0.25, -0.2) is 0 Å². The van der Waals surface area contributed by atoms with Crippen LogP contribution in [0.2, 0.25) is 0 Å². The summed E-state index contributed by atoms with van der Waals surface area (Å²) in [4.78, 5) is 32.0. The first-order valence-electron chi connectivity index (χ1n) is 10.3. The van der Waals surface area contributed by atoms with Gasteiger partial charge in [0.25, 0.3) is 0 Å². The fourth-order valence-corrected chi connectivity index (χ4v) is 4.26. The molecule has 0 saturated heterocycles. The first-order valence-corrected chi connectivity index (χ1v) is 11.2. The number of nitrogens with zero attached hydrogens (tertiary/aromatic N) is 2. The molecule has 1 heterocycles. The van der Waals surface area contributed by atoms with Gasteiger partial charge in [-0.1, -0.05) is 66.7 Å². The molecule has 0 fully saturated rings. The lowest BCUT2D eigenvalue weighted by molar-refractivity contribution is -0.140. The molecule has 0 saturated carbocycles. The molecule has 0 spiro atoms. The molecular formula is C26H28N2O2S. The van der Waals surface area contributed by atoms with Crippen molar-refractivity contribution < 1.29 is 9.59 Å². The van der Waals surface area contributed by atoms with Crippen LogP contribution in [0.3, 0.4) is 0 Å². The number of rotatable bonds is 10. The number of hydrogen-bond donors (Lipinski definition) is 0. The smallest absolute Gasteiger partial charge is 0.242 e. The van der Waals surface area contributed by atoms with Crippen LogP contribution in [0, 0.1) is 6.92 Å². The van der Waals surface area contributed by atoms with E-state index in [2.05, 4.69) is 25.6 Å². The average molecular weight is 433 g/mol. The van der Waals surface area contributed by atoms with Crippen LogP contribution in [0.15, 0.2) is 85.5 Å². The Morgan fingerprint density at radius 1 is 0.839 bits per heavy atom. The van der Waals surface area contributed by atoms with Crippen molar-refractivity contribution in [1.82, 2.24) is 9.80 Å². The summed E-state index contributed by atoms with van der Waals surface area (Å²) in [6.45, 7) is 7.24. The average Bonchev–Trinajstić information content (AvgIpc) is 3.19. The number of thiophene rings is 1. The van der Waals surface area contributed by atoms with Gasteiger partial charge >= 0.3 is 0 Å². The summed E-state index contributed by atoms with van der Waals surface area (Å²) in [6, 6.07) is 23.7. The maximum Gasteiger partial charge on any atom is 0.242 e. The largest absolute Gasteiger partial charge is 0.332 e. The van der Waals surface area contributed by atoms with E-state index in [0.29, 0.717) is 19.6 Å². The van der Waals surface area contributed by atoms with Crippen molar-refractivity contribution in [2.24, 2.45) is 0 Å². The third-order valence-corrected chi connectivity index (χ3v) is 5.92. The fourth-order valence-electron chi connectivity index (χ4n) is 3.35. The Morgan fingerprint density at radius 2 is 1.48 bits per heavy atom. The molecule has 5 heteroatoms. The Kier molecular flexibility index (Phi) is 8.19. The standard InChI is InChI=1S/C26H28N2O2S/c1-3-16-27(25(29)17-22-10-6-4-7-11-22)20-26(30)28(18-23-12-8-5-9-13-23)19-24-15-14-21(2)31-24/h3-15H,1,16-20H2,2H3. The van der Waals surface area contributed by atoms with E-state index in [1.807, 2.05) is 65.6 Å². The van der Waals surface area contributed by atoms with Crippen LogP contribution in [0.25, 0.3) is 0 Å². The van der Waals surface area contributed by atoms with Crippen LogP contribution >= 0.6 is 11.3 Å². The van der Waals surface area contributed by atoms with Gasteiger partial charge in [0.05, 0.1) is 13.0 Å². The van der Waals surface area contributed by atoms with E-state index in [-0.39, 0.29) is 24.8 Å². The van der Waals surface area contributed by atoms with Crippen molar-refractivity contribution in [2.45, 2.75) is 26.4 Å². The van der Waals surface area contributed by atoms with Gasteiger partial charge in [0, 0.05) is 22.8 Å². The minimum Gasteiger partial charge on any atom is -0.332 e. The van der Waals surface area contributed by atoms with Crippen LogP contribution in [0.5, 0.6) is 0 Å². The van der Waals surface area contributed by atoms with Gasteiger partial charge in [0.15, 0.2) is 0 Å². The molecule has 160 valence electrons. The molecule has 0 aliphatic rings. The van der Waals surface area contributed by atoms with E-state index in [4.69, 9.17) is 0 Å². The van der Waals surface area contributed by atoms with Crippen LogP contribution in [-0.2, 0) is 29.1 Å². The van der Waals surface area contributed by atoms with Crippen molar-refractivity contribution in [3.63, 3.8) is 0 Å². The Bertz CT molecular complexity index is 999. The zero-order valence-corrected chi connectivity index (χ0v) is 18.7. The number of benzene rings is 2. The summed E-state index contributed by atoms with van der Waals surface area (Å²) in [6.07, 6.45) is 1.94. The third-order valence-electron chi connectivity index (χ3n) is 4.94. The quantitative estimate of drug-likeness (QED) is 0.430. The lowest BCUT2D eigenvalue weighted by Gasteiger charge is -2.27. The molecule has 0 N–H and O–H groups in total. The van der Waals surface area contributed by atoms with Crippen molar-refractivity contribution in [3.05, 3.63) is 106 Å². The Hall–Kier alpha value is -3.18. The summed E-state index contributed by atoms with van der Waals surface area (Å²) in [5.41, 5.74) is 2.00. The van der Waals surface area contributed by atoms with E-state index >= 15 is 0 Å². The zero-order chi connectivity index (χ0) is 22.1. The molecule has 0 unspecified atom stereocenters. The number of carbonyl (C=O) groups is 2. The molecule has 31 heavy (non-hydrogen) atoms. The van der Waals surface area contributed by atoms with Gasteiger partial charge in [0.1, 0.15) is 6.54 Å². The number of amides is 2. The third kappa shape index (κ3) is 6.93. The lowest BCUT2D eigenvalue weighted by Crippen LogP contribution is -2.43. The highest BCUT2D eigenvalue weighted by molar-refractivity contribution is 7.11. The van der Waals surface area contributed by atoms with Gasteiger partial charge in [-0.05, 0) is 30.2 Å². The molecule has 0 aliphatic heterocycles. The zero-order valence-electron chi connectivity index (χ0n) is 17.9. The molecule has 3 aromatic rings. The van der Waals surface area contributed by atoms with E-state index in [1.54, 1.807) is 22.3 Å². The number of carbonyl (C=O) groups excluding carboxylic acids is 2. The highest BCUT2D eigenvalue weighted by Crippen LogP contribution is 2.19. The highest BCUT2D eigenvalue weighted by Gasteiger charge is 2.21. The van der Waals surface area contributed by atoms with Crippen LogP contribution in [-0.4, -0.2) is 34.7 Å². The van der Waals surface area contributed by atoms with E-state index in [9.17, 15) is 9.59 Å². The van der Waals surface area contributed by atoms with Gasteiger partial charge < -0.3 is 9.80 Å². The Morgan fingerprint density at radius 3 is 2.06 bits per heavy atom. The number of hydrogen-bond acceptors (Lipinski definition) is 3. The molecule has 2 aromatic carbocycles. The van der Waals surface area contributed by atoms with Crippen molar-refractivity contribution in [3.8, 4) is 0 Å². The number of aryl methyl sites for hydroxylation is 1. The second-order valence-corrected chi connectivity index (χ2v) is 8.85. The van der Waals surface area contributed by atoms with Gasteiger partial charge in [0.2, 0.25) is 11.8 Å². The summed E-state index contributed by atoms with van der Waals surface area (Å²) in [5.74, 6) is -0.149. The predicted octanol–water partition coefficient (Wildman–Crippen LogP) is 4.84. The van der Waals surface area contributed by atoms with Gasteiger partial charge in [-0.2, -0.15) is 0 Å². The fraction of sp³-hybridized carbons (Fsp3) is 0.231. The van der Waals surface area contributed by atoms with Crippen LogP contribution in [0.4, 0.5) is 0 Å². The Balaban J connectivity index is 1.73. The first-order chi connectivity index (χ1) is 15.0. The molecule has 0 atom stereocenters. The predicted molar refractivity (Wildman–Crippen MR) is 127 cm³/mol. The summed E-state index contributed by atoms with van der Waals surface area (Å²) >= 11 is 1.69. The summed E-state index contributed by atoms with van der Waals surface area (Å²) in [7, 11) is 0. The van der Waals surface area contributed by atoms with Crippen LogP contribution < -0.4 is 0 Å². The molecule has 2 amide bonds. The van der Waals surface area contributed by atoms with Crippen molar-refractivity contribution in [2.75, 3.05) is 13.1 Å². The van der Waals surface area contributed by atoms with E-state index in [1.165, 1.54) is 4.88 Å². The maximum atomic E-state index is 13.3. The lowest BCUT2D eigenvalue weighted by atomic mass is 10.1. The topological polar surface area (TPSA) is 40.6 Å². The molecular weight excluding hydrogens is 404 g/mol. The van der Waals surface area contributed by atoms with E-state index < -0.39 is 0 Å². The molecule has 1 aromatic heterocycles. The molecule has 0 radical (unpaired) electrons. The van der Waals surface area contributed by atoms with Crippen LogP contribution in [0.1, 0.15) is 20.9 Å². The van der Waals surface area contributed by atoms with Crippen molar-refractivity contribution >= 4 is 23.2 Å². The minimum atomic E-state index is -0.0777. The second kappa shape index (κ2) is 11.3. The monoisotopic (exact) mass is 432 g/mol. The molecule has 3 rings (SSSR count). The maximum absolute atomic E-state index is 13.3. The Labute approximate surface area is 188 Å². The van der Waals surface area contributed by atoms with E-state index in [0.717, 1.165) is 16.0 Å². The first kappa shape index (κ1) is 22.5. The second-order valence-electron chi connectivity index (χ2n) is 7.47. The minimum absolute atomic E-state index is 0.0366. The highest BCUT2D eigenvalue weighted by atomic mass is 32.1. The van der Waals surface area contributed by atoms with Gasteiger partial charge in [-0.3, -0.25) is 9.59 Å². The SMILES string of the molecule is C=CCN(CC(=O)N(Cc1ccccc1)Cc1ccc(C)s1)C(=O)Cc1ccccc1. The van der Waals surface area contributed by atoms with Gasteiger partial charge in [-0.15, -0.1) is 17.9 Å².